The summed E-state index contributed by atoms with van der Waals surface area (Å²) in [5.41, 5.74) is 0. The van der Waals surface area contributed by atoms with E-state index in [0.29, 0.717) is 19.3 Å². The summed E-state index contributed by atoms with van der Waals surface area (Å²) in [5, 5.41) is 0. The second kappa shape index (κ2) is 45.1. The number of carbonyl (C=O) groups is 3. The maximum atomic E-state index is 12.7. The fourth-order valence-electron chi connectivity index (χ4n) is 7.38. The highest BCUT2D eigenvalue weighted by molar-refractivity contribution is 5.71. The van der Waals surface area contributed by atoms with Crippen LogP contribution in [0.1, 0.15) is 278 Å². The Morgan fingerprint density at radius 2 is 0.491 bits per heavy atom. The predicted molar refractivity (Wildman–Crippen MR) is 233 cm³/mol. The number of carbonyl (C=O) groups excluding carboxylic acids is 3. The first kappa shape index (κ1) is 53.4. The largest absolute Gasteiger partial charge is 0.462 e. The van der Waals surface area contributed by atoms with E-state index in [2.05, 4.69) is 20.8 Å². The van der Waals surface area contributed by atoms with Crippen LogP contribution in [0.15, 0.2) is 0 Å². The first-order valence-electron chi connectivity index (χ1n) is 24.5. The molecule has 0 heterocycles. The minimum absolute atomic E-state index is 0.0624. The number of unbranched alkanes of at least 4 members (excludes halogenated alkanes) is 34. The van der Waals surface area contributed by atoms with E-state index >= 15 is 0 Å². The van der Waals surface area contributed by atoms with Gasteiger partial charge in [0, 0.05) is 19.3 Å². The fraction of sp³-hybridized carbons (Fsp3) is 0.939. The van der Waals surface area contributed by atoms with Gasteiger partial charge < -0.3 is 14.2 Å². The molecule has 0 aliphatic heterocycles. The van der Waals surface area contributed by atoms with Gasteiger partial charge in [0.2, 0.25) is 0 Å². The first-order valence-corrected chi connectivity index (χ1v) is 24.5. The lowest BCUT2D eigenvalue weighted by Crippen LogP contribution is -2.30. The maximum Gasteiger partial charge on any atom is 0.306 e. The average molecular weight is 779 g/mol. The Morgan fingerprint density at radius 1 is 0.291 bits per heavy atom. The lowest BCUT2D eigenvalue weighted by molar-refractivity contribution is -0.167. The molecular weight excluding hydrogens is 685 g/mol. The Kier molecular flexibility index (Phi) is 43.8. The van der Waals surface area contributed by atoms with Crippen molar-refractivity contribution < 1.29 is 28.6 Å². The van der Waals surface area contributed by atoms with Gasteiger partial charge in [0.05, 0.1) is 0 Å². The van der Waals surface area contributed by atoms with Crippen molar-refractivity contribution in [2.24, 2.45) is 0 Å². The van der Waals surface area contributed by atoms with Crippen molar-refractivity contribution in [2.75, 3.05) is 13.2 Å². The number of hydrogen-bond donors (Lipinski definition) is 0. The molecule has 326 valence electrons. The zero-order chi connectivity index (χ0) is 40.1. The highest BCUT2D eigenvalue weighted by atomic mass is 16.6. The number of esters is 3. The van der Waals surface area contributed by atoms with E-state index in [1.54, 1.807) is 0 Å². The van der Waals surface area contributed by atoms with Gasteiger partial charge in [0.15, 0.2) is 6.10 Å². The van der Waals surface area contributed by atoms with Crippen LogP contribution in [0.4, 0.5) is 0 Å². The predicted octanol–water partition coefficient (Wildman–Crippen LogP) is 15.6. The summed E-state index contributed by atoms with van der Waals surface area (Å²) < 4.78 is 16.7. The monoisotopic (exact) mass is 779 g/mol. The molecule has 1 atom stereocenters. The van der Waals surface area contributed by atoms with E-state index in [1.807, 2.05) is 0 Å². The van der Waals surface area contributed by atoms with E-state index in [9.17, 15) is 14.4 Å². The van der Waals surface area contributed by atoms with E-state index in [0.717, 1.165) is 57.8 Å². The van der Waals surface area contributed by atoms with Crippen molar-refractivity contribution in [2.45, 2.75) is 284 Å². The fourth-order valence-corrected chi connectivity index (χ4v) is 7.38. The van der Waals surface area contributed by atoms with Crippen LogP contribution >= 0.6 is 0 Å². The molecule has 55 heavy (non-hydrogen) atoms. The Bertz CT molecular complexity index is 813. The number of ether oxygens (including phenoxy) is 3. The molecule has 0 N–H and O–H groups in total. The van der Waals surface area contributed by atoms with Crippen molar-refractivity contribution in [3.05, 3.63) is 0 Å². The van der Waals surface area contributed by atoms with Crippen LogP contribution in [0.3, 0.4) is 0 Å². The molecule has 0 aromatic rings. The molecule has 0 aromatic heterocycles. The maximum absolute atomic E-state index is 12.7. The van der Waals surface area contributed by atoms with Crippen molar-refractivity contribution in [3.8, 4) is 0 Å². The average Bonchev–Trinajstić information content (AvgIpc) is 3.18. The van der Waals surface area contributed by atoms with E-state index in [1.165, 1.54) is 180 Å². The van der Waals surface area contributed by atoms with Gasteiger partial charge in [-0.15, -0.1) is 0 Å². The third-order valence-corrected chi connectivity index (χ3v) is 11.1. The van der Waals surface area contributed by atoms with Gasteiger partial charge in [-0.1, -0.05) is 239 Å². The molecule has 6 nitrogen and oxygen atoms in total. The lowest BCUT2D eigenvalue weighted by atomic mass is 10.0. The van der Waals surface area contributed by atoms with Crippen LogP contribution in [0.5, 0.6) is 0 Å². The topological polar surface area (TPSA) is 78.9 Å². The molecule has 0 saturated heterocycles. The lowest BCUT2D eigenvalue weighted by Gasteiger charge is -2.18. The second-order valence-electron chi connectivity index (χ2n) is 16.7. The molecule has 0 aliphatic rings. The van der Waals surface area contributed by atoms with Gasteiger partial charge in [-0.2, -0.15) is 0 Å². The molecule has 0 saturated carbocycles. The van der Waals surface area contributed by atoms with Gasteiger partial charge in [-0.25, -0.2) is 0 Å². The van der Waals surface area contributed by atoms with Crippen molar-refractivity contribution in [3.63, 3.8) is 0 Å². The van der Waals surface area contributed by atoms with Crippen LogP contribution in [0.2, 0.25) is 0 Å². The molecule has 0 spiro atoms. The Morgan fingerprint density at radius 3 is 0.727 bits per heavy atom. The molecular formula is C49H94O6. The summed E-state index contributed by atoms with van der Waals surface area (Å²) in [4.78, 5) is 37.7. The smallest absolute Gasteiger partial charge is 0.306 e. The van der Waals surface area contributed by atoms with Gasteiger partial charge in [0.25, 0.3) is 0 Å². The van der Waals surface area contributed by atoms with Crippen LogP contribution < -0.4 is 0 Å². The standard InChI is InChI=1S/C49H94O6/c1-4-7-10-13-16-19-21-22-23-24-25-26-28-30-33-36-39-42-48(51)54-45-46(44-53-47(50)41-38-35-32-29-18-15-12-9-6-3)55-49(52)43-40-37-34-31-27-20-17-14-11-8-5-2/h46H,4-45H2,1-3H3/t46-/m1/s1. The molecule has 0 aliphatic carbocycles. The Labute approximate surface area is 342 Å². The molecule has 0 radical (unpaired) electrons. The molecule has 0 bridgehead atoms. The summed E-state index contributed by atoms with van der Waals surface area (Å²) in [6.45, 7) is 6.64. The molecule has 0 rings (SSSR count). The summed E-state index contributed by atoms with van der Waals surface area (Å²) in [7, 11) is 0. The summed E-state index contributed by atoms with van der Waals surface area (Å²) in [5.74, 6) is -0.849. The van der Waals surface area contributed by atoms with Gasteiger partial charge in [-0.3, -0.25) is 14.4 Å². The number of rotatable bonds is 45. The third kappa shape index (κ3) is 43.4. The summed E-state index contributed by atoms with van der Waals surface area (Å²) in [6.07, 6.45) is 46.6. The molecule has 0 amide bonds. The third-order valence-electron chi connectivity index (χ3n) is 11.1. The number of hydrogen-bond acceptors (Lipinski definition) is 6. The Balaban J connectivity index is 4.23. The van der Waals surface area contributed by atoms with E-state index in [-0.39, 0.29) is 31.1 Å². The normalized spacial score (nSPS) is 11.8. The van der Waals surface area contributed by atoms with E-state index in [4.69, 9.17) is 14.2 Å². The second-order valence-corrected chi connectivity index (χ2v) is 16.7. The van der Waals surface area contributed by atoms with Crippen molar-refractivity contribution in [1.82, 2.24) is 0 Å². The van der Waals surface area contributed by atoms with Crippen LogP contribution in [-0.4, -0.2) is 37.2 Å². The van der Waals surface area contributed by atoms with Crippen molar-refractivity contribution in [1.29, 1.82) is 0 Å². The quantitative estimate of drug-likeness (QED) is 0.0348. The van der Waals surface area contributed by atoms with Crippen LogP contribution in [-0.2, 0) is 28.6 Å². The highest BCUT2D eigenvalue weighted by Crippen LogP contribution is 2.16. The van der Waals surface area contributed by atoms with Gasteiger partial charge >= 0.3 is 17.9 Å². The zero-order valence-corrected chi connectivity index (χ0v) is 37.2. The molecule has 0 fully saturated rings. The molecule has 0 unspecified atom stereocenters. The van der Waals surface area contributed by atoms with Crippen LogP contribution in [0, 0.1) is 0 Å². The van der Waals surface area contributed by atoms with Gasteiger partial charge in [-0.05, 0) is 19.3 Å². The van der Waals surface area contributed by atoms with Crippen molar-refractivity contribution >= 4 is 17.9 Å². The van der Waals surface area contributed by atoms with Crippen LogP contribution in [0.25, 0.3) is 0 Å². The molecule has 0 aromatic carbocycles. The Hall–Kier alpha value is -1.59. The molecule has 6 heteroatoms. The minimum Gasteiger partial charge on any atom is -0.462 e. The zero-order valence-electron chi connectivity index (χ0n) is 37.2. The van der Waals surface area contributed by atoms with Gasteiger partial charge in [0.1, 0.15) is 13.2 Å². The first-order chi connectivity index (χ1) is 27.0. The van der Waals surface area contributed by atoms with E-state index < -0.39 is 6.10 Å². The summed E-state index contributed by atoms with van der Waals surface area (Å²) >= 11 is 0. The summed E-state index contributed by atoms with van der Waals surface area (Å²) in [6, 6.07) is 0. The minimum atomic E-state index is -0.758. The SMILES string of the molecule is CCCCCCCCCCCCCCCCCCCC(=O)OC[C@@H](COC(=O)CCCCCCCCCCC)OC(=O)CCCCCCCCCCCCC. The highest BCUT2D eigenvalue weighted by Gasteiger charge is 2.19.